The highest BCUT2D eigenvalue weighted by molar-refractivity contribution is 7.90. The number of amides is 1. The van der Waals surface area contributed by atoms with Crippen LogP contribution in [-0.2, 0) is 29.4 Å². The molecule has 1 heterocycles. The van der Waals surface area contributed by atoms with Crippen LogP contribution >= 0.6 is 0 Å². The second kappa shape index (κ2) is 10.2. The summed E-state index contributed by atoms with van der Waals surface area (Å²) in [5, 5.41) is 2.60. The summed E-state index contributed by atoms with van der Waals surface area (Å²) in [5.74, 6) is 0.139. The summed E-state index contributed by atoms with van der Waals surface area (Å²) in [6.45, 7) is 1.83. The van der Waals surface area contributed by atoms with E-state index in [0.717, 1.165) is 6.26 Å². The Balaban J connectivity index is 1.62. The Morgan fingerprint density at radius 1 is 1.14 bits per heavy atom. The number of hydrogen-bond acceptors (Lipinski definition) is 7. The Morgan fingerprint density at radius 3 is 2.39 bits per heavy atom. The van der Waals surface area contributed by atoms with Crippen molar-refractivity contribution in [1.29, 1.82) is 0 Å². The lowest BCUT2D eigenvalue weighted by Gasteiger charge is -2.26. The lowest BCUT2D eigenvalue weighted by Crippen LogP contribution is -2.43. The molecule has 1 aliphatic rings. The summed E-state index contributed by atoms with van der Waals surface area (Å²) < 4.78 is 59.0. The molecule has 11 heteroatoms. The zero-order chi connectivity index (χ0) is 20.6. The van der Waals surface area contributed by atoms with Gasteiger partial charge in [-0.1, -0.05) is 0 Å². The van der Waals surface area contributed by atoms with Gasteiger partial charge in [-0.3, -0.25) is 4.79 Å². The molecule has 0 radical (unpaired) electrons. The minimum atomic E-state index is -3.38. The zero-order valence-corrected chi connectivity index (χ0v) is 17.4. The smallest absolute Gasteiger partial charge is 0.220 e. The number of sulfonamides is 1. The molecule has 0 aromatic heterocycles. The van der Waals surface area contributed by atoms with Crippen LogP contribution in [0.3, 0.4) is 0 Å². The van der Waals surface area contributed by atoms with Crippen LogP contribution in [0.1, 0.15) is 12.8 Å². The fourth-order valence-electron chi connectivity index (χ4n) is 2.57. The number of benzene rings is 1. The SMILES string of the molecule is CS(=O)(=O)c1ccc(OCCCC(=O)NCCS(=O)(=O)N2CCOCC2)cc1. The summed E-state index contributed by atoms with van der Waals surface area (Å²) in [5.41, 5.74) is 0. The monoisotopic (exact) mass is 434 g/mol. The van der Waals surface area contributed by atoms with Gasteiger partial charge in [-0.2, -0.15) is 4.31 Å². The van der Waals surface area contributed by atoms with Gasteiger partial charge in [0.1, 0.15) is 5.75 Å². The van der Waals surface area contributed by atoms with Gasteiger partial charge in [0.05, 0.1) is 30.5 Å². The third kappa shape index (κ3) is 7.38. The van der Waals surface area contributed by atoms with Crippen molar-refractivity contribution in [1.82, 2.24) is 9.62 Å². The maximum atomic E-state index is 12.1. The van der Waals surface area contributed by atoms with E-state index in [9.17, 15) is 21.6 Å². The van der Waals surface area contributed by atoms with Crippen LogP contribution in [-0.4, -0.2) is 78.5 Å². The fraction of sp³-hybridized carbons (Fsp3) is 0.588. The minimum Gasteiger partial charge on any atom is -0.494 e. The summed E-state index contributed by atoms with van der Waals surface area (Å²) in [6.07, 6.45) is 1.79. The summed E-state index contributed by atoms with van der Waals surface area (Å²) in [4.78, 5) is 12.0. The molecule has 28 heavy (non-hydrogen) atoms. The average Bonchev–Trinajstić information content (AvgIpc) is 2.65. The largest absolute Gasteiger partial charge is 0.494 e. The molecule has 0 atom stereocenters. The molecule has 1 N–H and O–H groups in total. The normalized spacial score (nSPS) is 15.9. The Hall–Kier alpha value is -1.69. The van der Waals surface area contributed by atoms with Crippen LogP contribution in [0, 0.1) is 0 Å². The highest BCUT2D eigenvalue weighted by Crippen LogP contribution is 2.16. The third-order valence-electron chi connectivity index (χ3n) is 4.11. The summed E-state index contributed by atoms with van der Waals surface area (Å²) >= 11 is 0. The topological polar surface area (TPSA) is 119 Å². The first-order chi connectivity index (χ1) is 13.2. The molecule has 0 unspecified atom stereocenters. The van der Waals surface area contributed by atoms with Crippen LogP contribution < -0.4 is 10.1 Å². The van der Waals surface area contributed by atoms with E-state index in [4.69, 9.17) is 9.47 Å². The molecular formula is C17H26N2O7S2. The predicted molar refractivity (Wildman–Crippen MR) is 103 cm³/mol. The van der Waals surface area contributed by atoms with E-state index in [1.165, 1.54) is 16.4 Å². The molecule has 0 saturated carbocycles. The molecule has 1 aromatic rings. The highest BCUT2D eigenvalue weighted by Gasteiger charge is 2.23. The standard InChI is InChI=1S/C17H26N2O7S2/c1-27(21,22)16-6-4-15(5-7-16)26-11-2-3-17(20)18-8-14-28(23,24)19-9-12-25-13-10-19/h4-7H,2-3,8-14H2,1H3,(H,18,20). The van der Waals surface area contributed by atoms with Gasteiger partial charge in [-0.25, -0.2) is 16.8 Å². The van der Waals surface area contributed by atoms with E-state index in [2.05, 4.69) is 5.32 Å². The van der Waals surface area contributed by atoms with E-state index in [1.54, 1.807) is 12.1 Å². The maximum Gasteiger partial charge on any atom is 0.220 e. The second-order valence-corrected chi connectivity index (χ2v) is 10.5. The number of nitrogens with zero attached hydrogens (tertiary/aromatic N) is 1. The number of nitrogens with one attached hydrogen (secondary N) is 1. The minimum absolute atomic E-state index is 0.0618. The molecule has 1 aliphatic heterocycles. The van der Waals surface area contributed by atoms with E-state index in [-0.39, 0.29) is 36.1 Å². The molecule has 1 aromatic carbocycles. The van der Waals surface area contributed by atoms with Crippen molar-refractivity contribution in [2.24, 2.45) is 0 Å². The van der Waals surface area contributed by atoms with Crippen molar-refractivity contribution in [2.45, 2.75) is 17.7 Å². The van der Waals surface area contributed by atoms with Gasteiger partial charge in [-0.05, 0) is 30.7 Å². The molecule has 158 valence electrons. The zero-order valence-electron chi connectivity index (χ0n) is 15.8. The van der Waals surface area contributed by atoms with Crippen molar-refractivity contribution in [3.63, 3.8) is 0 Å². The highest BCUT2D eigenvalue weighted by atomic mass is 32.2. The van der Waals surface area contributed by atoms with Crippen molar-refractivity contribution < 1.29 is 31.1 Å². The van der Waals surface area contributed by atoms with Crippen LogP contribution in [0.2, 0.25) is 0 Å². The van der Waals surface area contributed by atoms with Gasteiger partial charge in [0.25, 0.3) is 0 Å². The van der Waals surface area contributed by atoms with E-state index in [0.29, 0.717) is 38.5 Å². The predicted octanol–water partition coefficient (Wildman–Crippen LogP) is 0.0273. The molecular weight excluding hydrogens is 408 g/mol. The molecule has 0 aliphatic carbocycles. The first-order valence-electron chi connectivity index (χ1n) is 8.94. The number of rotatable bonds is 10. The lowest BCUT2D eigenvalue weighted by atomic mass is 10.3. The van der Waals surface area contributed by atoms with Gasteiger partial charge >= 0.3 is 0 Å². The number of sulfone groups is 1. The Kier molecular flexibility index (Phi) is 8.23. The summed E-state index contributed by atoms with van der Waals surface area (Å²) in [6, 6.07) is 6.05. The van der Waals surface area contributed by atoms with Crippen LogP contribution in [0.4, 0.5) is 0 Å². The molecule has 1 amide bonds. The lowest BCUT2D eigenvalue weighted by molar-refractivity contribution is -0.121. The van der Waals surface area contributed by atoms with Gasteiger partial charge in [0, 0.05) is 32.3 Å². The Bertz CT molecular complexity index is 846. The quantitative estimate of drug-likeness (QED) is 0.516. The molecule has 9 nitrogen and oxygen atoms in total. The van der Waals surface area contributed by atoms with E-state index < -0.39 is 19.9 Å². The molecule has 0 spiro atoms. The van der Waals surface area contributed by atoms with Crippen molar-refractivity contribution in [2.75, 3.05) is 51.5 Å². The summed E-state index contributed by atoms with van der Waals surface area (Å²) in [7, 11) is -6.63. The number of hydrogen-bond donors (Lipinski definition) is 1. The number of carbonyl (C=O) groups is 1. The van der Waals surface area contributed by atoms with Crippen LogP contribution in [0.25, 0.3) is 0 Å². The number of morpholine rings is 1. The molecule has 1 fully saturated rings. The van der Waals surface area contributed by atoms with Gasteiger partial charge in [0.15, 0.2) is 9.84 Å². The first kappa shape index (κ1) is 22.6. The van der Waals surface area contributed by atoms with E-state index >= 15 is 0 Å². The Labute approximate surface area is 166 Å². The van der Waals surface area contributed by atoms with Crippen molar-refractivity contribution in [3.8, 4) is 5.75 Å². The average molecular weight is 435 g/mol. The van der Waals surface area contributed by atoms with Gasteiger partial charge in [-0.15, -0.1) is 0 Å². The molecule has 2 rings (SSSR count). The molecule has 1 saturated heterocycles. The third-order valence-corrected chi connectivity index (χ3v) is 7.11. The molecule has 0 bridgehead atoms. The fourth-order valence-corrected chi connectivity index (χ4v) is 4.52. The number of carbonyl (C=O) groups excluding carboxylic acids is 1. The van der Waals surface area contributed by atoms with E-state index in [1.807, 2.05) is 0 Å². The van der Waals surface area contributed by atoms with Gasteiger partial charge < -0.3 is 14.8 Å². The van der Waals surface area contributed by atoms with Gasteiger partial charge in [0.2, 0.25) is 15.9 Å². The van der Waals surface area contributed by atoms with Crippen LogP contribution in [0.15, 0.2) is 29.2 Å². The van der Waals surface area contributed by atoms with Crippen molar-refractivity contribution >= 4 is 25.8 Å². The Morgan fingerprint density at radius 2 is 1.79 bits per heavy atom. The number of ether oxygens (including phenoxy) is 2. The second-order valence-electron chi connectivity index (χ2n) is 6.37. The maximum absolute atomic E-state index is 12.1. The first-order valence-corrected chi connectivity index (χ1v) is 12.4. The van der Waals surface area contributed by atoms with Crippen molar-refractivity contribution in [3.05, 3.63) is 24.3 Å². The van der Waals surface area contributed by atoms with Crippen LogP contribution in [0.5, 0.6) is 5.75 Å².